The largest absolute Gasteiger partial charge is 0.353 e. The maximum atomic E-state index is 5.29. The Bertz CT molecular complexity index is 160. The van der Waals surface area contributed by atoms with Crippen molar-refractivity contribution in [3.63, 3.8) is 0 Å². The Hall–Kier alpha value is -0.770. The summed E-state index contributed by atoms with van der Waals surface area (Å²) in [5.41, 5.74) is 2.57. The quantitative estimate of drug-likeness (QED) is 0.246. The molecular weight excluding hydrogens is 152 g/mol. The molecule has 1 aliphatic rings. The van der Waals surface area contributed by atoms with Gasteiger partial charge in [0.15, 0.2) is 0 Å². The highest BCUT2D eigenvalue weighted by atomic mass is 15.3. The molecule has 0 aromatic heterocycles. The Morgan fingerprint density at radius 1 is 1.58 bits per heavy atom. The van der Waals surface area contributed by atoms with Crippen molar-refractivity contribution in [3.05, 3.63) is 0 Å². The molecule has 0 amide bonds. The molecule has 0 aromatic carbocycles. The molecule has 12 heavy (non-hydrogen) atoms. The van der Waals surface area contributed by atoms with Crippen LogP contribution in [0.4, 0.5) is 0 Å². The van der Waals surface area contributed by atoms with Gasteiger partial charge in [0.25, 0.3) is 0 Å². The highest BCUT2D eigenvalue weighted by molar-refractivity contribution is 5.79. The minimum atomic E-state index is 0.578. The summed E-state index contributed by atoms with van der Waals surface area (Å²) in [6.45, 7) is 5.09. The van der Waals surface area contributed by atoms with E-state index in [9.17, 15) is 0 Å². The Labute approximate surface area is 73.6 Å². The average Bonchev–Trinajstić information content (AvgIpc) is 2.81. The Morgan fingerprint density at radius 3 is 2.67 bits per heavy atom. The number of hydrazine groups is 1. The summed E-state index contributed by atoms with van der Waals surface area (Å²) >= 11 is 0. The Kier molecular flexibility index (Phi) is 3.34. The number of nitrogens with zero attached hydrogens (tertiary/aromatic N) is 1. The van der Waals surface area contributed by atoms with Crippen molar-refractivity contribution in [1.82, 2.24) is 10.7 Å². The number of nitrogens with two attached hydrogens (primary N) is 1. The fraction of sp³-hybridized carbons (Fsp3) is 0.875. The van der Waals surface area contributed by atoms with Crippen LogP contribution in [0.2, 0.25) is 0 Å². The highest BCUT2D eigenvalue weighted by Crippen LogP contribution is 2.18. The lowest BCUT2D eigenvalue weighted by Crippen LogP contribution is -2.42. The summed E-state index contributed by atoms with van der Waals surface area (Å²) in [7, 11) is 0. The fourth-order valence-electron chi connectivity index (χ4n) is 0.828. The van der Waals surface area contributed by atoms with E-state index in [1.807, 2.05) is 0 Å². The number of hydrogen-bond donors (Lipinski definition) is 3. The standard InChI is InChI=1S/C8H18N4/c1-6(2)5-10-8(12-9)11-7-3-4-7/h6-7H,3-5,9H2,1-2H3,(H2,10,11,12). The van der Waals surface area contributed by atoms with Gasteiger partial charge in [-0.05, 0) is 18.8 Å². The van der Waals surface area contributed by atoms with Gasteiger partial charge in [0.05, 0.1) is 0 Å². The predicted molar refractivity (Wildman–Crippen MR) is 50.6 cm³/mol. The number of guanidine groups is 1. The molecule has 1 rings (SSSR count). The normalized spacial score (nSPS) is 18.2. The predicted octanol–water partition coefficient (Wildman–Crippen LogP) is 0.214. The van der Waals surface area contributed by atoms with Crippen LogP contribution in [0.1, 0.15) is 26.7 Å². The van der Waals surface area contributed by atoms with Crippen LogP contribution in [-0.2, 0) is 0 Å². The molecule has 0 aliphatic heterocycles. The second-order valence-electron chi connectivity index (χ2n) is 3.65. The zero-order valence-corrected chi connectivity index (χ0v) is 7.80. The molecule has 0 unspecified atom stereocenters. The van der Waals surface area contributed by atoms with Crippen LogP contribution in [0.25, 0.3) is 0 Å². The number of hydrogen-bond acceptors (Lipinski definition) is 2. The summed E-state index contributed by atoms with van der Waals surface area (Å²) in [4.78, 5) is 4.29. The van der Waals surface area contributed by atoms with Crippen molar-refractivity contribution in [2.75, 3.05) is 6.54 Å². The third kappa shape index (κ3) is 3.57. The molecular formula is C8H18N4. The molecule has 0 heterocycles. The van der Waals surface area contributed by atoms with E-state index < -0.39 is 0 Å². The summed E-state index contributed by atoms with van der Waals surface area (Å²) < 4.78 is 0. The van der Waals surface area contributed by atoms with Crippen LogP contribution in [0.3, 0.4) is 0 Å². The number of nitrogens with one attached hydrogen (secondary N) is 2. The van der Waals surface area contributed by atoms with E-state index in [0.29, 0.717) is 12.0 Å². The SMILES string of the molecule is CC(C)CN=C(NN)NC1CC1. The first-order valence-electron chi connectivity index (χ1n) is 4.50. The molecule has 1 saturated carbocycles. The summed E-state index contributed by atoms with van der Waals surface area (Å²) in [6.07, 6.45) is 2.48. The molecule has 0 saturated heterocycles. The van der Waals surface area contributed by atoms with Crippen LogP contribution >= 0.6 is 0 Å². The molecule has 4 heteroatoms. The zero-order chi connectivity index (χ0) is 8.97. The second-order valence-corrected chi connectivity index (χ2v) is 3.65. The van der Waals surface area contributed by atoms with Crippen molar-refractivity contribution in [3.8, 4) is 0 Å². The van der Waals surface area contributed by atoms with Gasteiger partial charge in [0, 0.05) is 12.6 Å². The van der Waals surface area contributed by atoms with Gasteiger partial charge < -0.3 is 5.32 Å². The highest BCUT2D eigenvalue weighted by Gasteiger charge is 2.21. The van der Waals surface area contributed by atoms with Crippen LogP contribution in [0, 0.1) is 5.92 Å². The molecule has 1 fully saturated rings. The van der Waals surface area contributed by atoms with Gasteiger partial charge >= 0.3 is 0 Å². The first kappa shape index (κ1) is 9.32. The third-order valence-corrected chi connectivity index (χ3v) is 1.67. The Morgan fingerprint density at radius 2 is 2.25 bits per heavy atom. The summed E-state index contributed by atoms with van der Waals surface area (Å²) in [6, 6.07) is 0.604. The van der Waals surface area contributed by atoms with Gasteiger partial charge in [-0.1, -0.05) is 13.8 Å². The molecule has 0 aromatic rings. The van der Waals surface area contributed by atoms with E-state index in [2.05, 4.69) is 29.6 Å². The van der Waals surface area contributed by atoms with E-state index in [1.165, 1.54) is 12.8 Å². The van der Waals surface area contributed by atoms with E-state index in [-0.39, 0.29) is 0 Å². The molecule has 1 aliphatic carbocycles. The van der Waals surface area contributed by atoms with E-state index >= 15 is 0 Å². The monoisotopic (exact) mass is 170 g/mol. The first-order valence-corrected chi connectivity index (χ1v) is 4.50. The van der Waals surface area contributed by atoms with Crippen molar-refractivity contribution in [1.29, 1.82) is 0 Å². The zero-order valence-electron chi connectivity index (χ0n) is 7.80. The lowest BCUT2D eigenvalue weighted by atomic mass is 10.2. The van der Waals surface area contributed by atoms with Gasteiger partial charge in [-0.15, -0.1) is 0 Å². The third-order valence-electron chi connectivity index (χ3n) is 1.67. The van der Waals surface area contributed by atoms with Crippen LogP contribution in [0.5, 0.6) is 0 Å². The van der Waals surface area contributed by atoms with Crippen LogP contribution in [0.15, 0.2) is 4.99 Å². The minimum absolute atomic E-state index is 0.578. The molecule has 4 nitrogen and oxygen atoms in total. The second kappa shape index (κ2) is 4.30. The van der Waals surface area contributed by atoms with Crippen LogP contribution in [-0.4, -0.2) is 18.5 Å². The molecule has 0 atom stereocenters. The smallest absolute Gasteiger partial charge is 0.205 e. The van der Waals surface area contributed by atoms with E-state index in [0.717, 1.165) is 12.5 Å². The summed E-state index contributed by atoms with van der Waals surface area (Å²) in [5.74, 6) is 6.60. The van der Waals surface area contributed by atoms with Crippen molar-refractivity contribution >= 4 is 5.96 Å². The van der Waals surface area contributed by atoms with Crippen molar-refractivity contribution in [2.24, 2.45) is 16.8 Å². The topological polar surface area (TPSA) is 62.4 Å². The maximum absolute atomic E-state index is 5.29. The van der Waals surface area contributed by atoms with Crippen molar-refractivity contribution < 1.29 is 0 Å². The summed E-state index contributed by atoms with van der Waals surface area (Å²) in [5, 5.41) is 3.21. The first-order chi connectivity index (χ1) is 5.72. The van der Waals surface area contributed by atoms with Gasteiger partial charge in [0.2, 0.25) is 5.96 Å². The molecule has 4 N–H and O–H groups in total. The lowest BCUT2D eigenvalue weighted by molar-refractivity contribution is 0.656. The average molecular weight is 170 g/mol. The minimum Gasteiger partial charge on any atom is -0.353 e. The van der Waals surface area contributed by atoms with Crippen molar-refractivity contribution in [2.45, 2.75) is 32.7 Å². The molecule has 0 radical (unpaired) electrons. The molecule has 0 bridgehead atoms. The van der Waals surface area contributed by atoms with Crippen LogP contribution < -0.4 is 16.6 Å². The Balaban J connectivity index is 2.25. The molecule has 70 valence electrons. The van der Waals surface area contributed by atoms with E-state index in [4.69, 9.17) is 5.84 Å². The van der Waals surface area contributed by atoms with E-state index in [1.54, 1.807) is 0 Å². The van der Waals surface area contributed by atoms with Gasteiger partial charge in [-0.3, -0.25) is 10.4 Å². The van der Waals surface area contributed by atoms with Gasteiger partial charge in [-0.25, -0.2) is 5.84 Å². The lowest BCUT2D eigenvalue weighted by Gasteiger charge is -2.08. The fourth-order valence-corrected chi connectivity index (χ4v) is 0.828. The number of aliphatic imine (C=N–C) groups is 1. The van der Waals surface area contributed by atoms with Gasteiger partial charge in [-0.2, -0.15) is 0 Å². The maximum Gasteiger partial charge on any atom is 0.205 e. The molecule has 0 spiro atoms. The van der Waals surface area contributed by atoms with Gasteiger partial charge in [0.1, 0.15) is 0 Å². The number of rotatable bonds is 3.